The lowest BCUT2D eigenvalue weighted by atomic mass is 10.1. The van der Waals surface area contributed by atoms with E-state index in [-0.39, 0.29) is 11.8 Å². The minimum Gasteiger partial charge on any atom is -0.345 e. The van der Waals surface area contributed by atoms with Crippen LogP contribution in [0.2, 0.25) is 0 Å². The summed E-state index contributed by atoms with van der Waals surface area (Å²) in [6.45, 7) is 2.13. The molecule has 3 heteroatoms. The Bertz CT molecular complexity index is 201. The van der Waals surface area contributed by atoms with Crippen molar-refractivity contribution >= 4 is 11.7 Å². The van der Waals surface area contributed by atoms with E-state index in [0.717, 1.165) is 12.8 Å². The van der Waals surface area contributed by atoms with Gasteiger partial charge in [0, 0.05) is 32.9 Å². The van der Waals surface area contributed by atoms with E-state index in [4.69, 9.17) is 0 Å². The molecule has 0 N–H and O–H groups in total. The lowest BCUT2D eigenvalue weighted by molar-refractivity contribution is -0.129. The molecule has 1 fully saturated rings. The van der Waals surface area contributed by atoms with E-state index in [1.807, 2.05) is 0 Å². The summed E-state index contributed by atoms with van der Waals surface area (Å²) in [6.07, 6.45) is 2.65. The second-order valence-corrected chi connectivity index (χ2v) is 3.46. The second kappa shape index (κ2) is 3.70. The van der Waals surface area contributed by atoms with E-state index >= 15 is 0 Å². The Hall–Kier alpha value is -0.860. The van der Waals surface area contributed by atoms with Crippen LogP contribution in [0.1, 0.15) is 26.2 Å². The predicted molar refractivity (Wildman–Crippen MR) is 45.7 cm³/mol. The number of carbonyl (C=O) groups excluding carboxylic acids is 2. The van der Waals surface area contributed by atoms with E-state index in [1.165, 1.54) is 6.92 Å². The zero-order chi connectivity index (χ0) is 9.14. The van der Waals surface area contributed by atoms with E-state index in [1.54, 1.807) is 11.9 Å². The average molecular weight is 169 g/mol. The molecule has 0 aromatic rings. The van der Waals surface area contributed by atoms with Crippen LogP contribution < -0.4 is 0 Å². The molecular weight excluding hydrogens is 154 g/mol. The number of Topliss-reactive ketones (excluding diaryl/α,β-unsaturated/α-hetero) is 1. The first-order valence-corrected chi connectivity index (χ1v) is 4.35. The number of rotatable bonds is 2. The Balaban J connectivity index is 2.40. The normalized spacial score (nSPS) is 22.8. The maximum atomic E-state index is 11.2. The van der Waals surface area contributed by atoms with Crippen molar-refractivity contribution in [1.29, 1.82) is 0 Å². The number of ketones is 1. The molecule has 1 aliphatic carbocycles. The first kappa shape index (κ1) is 9.23. The molecule has 12 heavy (non-hydrogen) atoms. The predicted octanol–water partition coefficient (Wildman–Crippen LogP) is 0.834. The maximum absolute atomic E-state index is 11.2. The molecule has 68 valence electrons. The van der Waals surface area contributed by atoms with E-state index in [2.05, 4.69) is 0 Å². The van der Waals surface area contributed by atoms with Gasteiger partial charge >= 0.3 is 0 Å². The standard InChI is InChI=1S/C9H15NO2/c1-7(11)10(2)6-8-4-3-5-9(8)12/h8H,3-6H2,1-2H3. The SMILES string of the molecule is CC(=O)N(C)CC1CCCC1=O. The number of nitrogens with zero attached hydrogens (tertiary/aromatic N) is 1. The van der Waals surface area contributed by atoms with Gasteiger partial charge < -0.3 is 4.90 Å². The van der Waals surface area contributed by atoms with Crippen LogP contribution in [-0.2, 0) is 9.59 Å². The first-order chi connectivity index (χ1) is 5.61. The third-order valence-corrected chi connectivity index (χ3v) is 2.46. The molecule has 0 aliphatic heterocycles. The molecular formula is C9H15NO2. The van der Waals surface area contributed by atoms with Crippen LogP contribution in [0.15, 0.2) is 0 Å². The molecule has 0 bridgehead atoms. The van der Waals surface area contributed by atoms with Crippen LogP contribution in [0.3, 0.4) is 0 Å². The highest BCUT2D eigenvalue weighted by molar-refractivity contribution is 5.83. The second-order valence-electron chi connectivity index (χ2n) is 3.46. The summed E-state index contributed by atoms with van der Waals surface area (Å²) in [5.41, 5.74) is 0. The number of hydrogen-bond acceptors (Lipinski definition) is 2. The molecule has 0 saturated heterocycles. The van der Waals surface area contributed by atoms with Crippen LogP contribution in [-0.4, -0.2) is 30.2 Å². The van der Waals surface area contributed by atoms with Gasteiger partial charge in [-0.15, -0.1) is 0 Å². The van der Waals surface area contributed by atoms with Gasteiger partial charge in [0.05, 0.1) is 0 Å². The molecule has 1 amide bonds. The first-order valence-electron chi connectivity index (χ1n) is 4.35. The van der Waals surface area contributed by atoms with Crippen molar-refractivity contribution in [2.45, 2.75) is 26.2 Å². The molecule has 0 aromatic carbocycles. The van der Waals surface area contributed by atoms with Crippen LogP contribution in [0, 0.1) is 5.92 Å². The largest absolute Gasteiger partial charge is 0.345 e. The fourth-order valence-corrected chi connectivity index (χ4v) is 1.54. The van der Waals surface area contributed by atoms with Crippen molar-refractivity contribution in [2.75, 3.05) is 13.6 Å². The third kappa shape index (κ3) is 2.06. The molecule has 3 nitrogen and oxygen atoms in total. The van der Waals surface area contributed by atoms with Crippen molar-refractivity contribution in [3.63, 3.8) is 0 Å². The fourth-order valence-electron chi connectivity index (χ4n) is 1.54. The van der Waals surface area contributed by atoms with Crippen molar-refractivity contribution in [3.8, 4) is 0 Å². The van der Waals surface area contributed by atoms with Gasteiger partial charge in [0.25, 0.3) is 0 Å². The van der Waals surface area contributed by atoms with Crippen LogP contribution in [0.4, 0.5) is 0 Å². The Morgan fingerprint density at radius 2 is 2.33 bits per heavy atom. The zero-order valence-electron chi connectivity index (χ0n) is 7.67. The van der Waals surface area contributed by atoms with Crippen molar-refractivity contribution in [1.82, 2.24) is 4.90 Å². The van der Waals surface area contributed by atoms with Crippen molar-refractivity contribution in [3.05, 3.63) is 0 Å². The molecule has 1 unspecified atom stereocenters. The topological polar surface area (TPSA) is 37.4 Å². The Morgan fingerprint density at radius 3 is 2.75 bits per heavy atom. The average Bonchev–Trinajstić information content (AvgIpc) is 2.36. The number of carbonyl (C=O) groups is 2. The highest BCUT2D eigenvalue weighted by atomic mass is 16.2. The zero-order valence-corrected chi connectivity index (χ0v) is 7.67. The van der Waals surface area contributed by atoms with Gasteiger partial charge in [0.15, 0.2) is 0 Å². The monoisotopic (exact) mass is 169 g/mol. The number of amides is 1. The van der Waals surface area contributed by atoms with Gasteiger partial charge in [-0.3, -0.25) is 9.59 Å². The molecule has 1 rings (SSSR count). The number of hydrogen-bond donors (Lipinski definition) is 0. The van der Waals surface area contributed by atoms with Gasteiger partial charge in [-0.1, -0.05) is 0 Å². The molecule has 0 radical (unpaired) electrons. The van der Waals surface area contributed by atoms with Crippen LogP contribution >= 0.6 is 0 Å². The van der Waals surface area contributed by atoms with Crippen molar-refractivity contribution < 1.29 is 9.59 Å². The Kier molecular flexibility index (Phi) is 2.84. The lowest BCUT2D eigenvalue weighted by Gasteiger charge is -2.18. The maximum Gasteiger partial charge on any atom is 0.219 e. The van der Waals surface area contributed by atoms with E-state index in [9.17, 15) is 9.59 Å². The Labute approximate surface area is 72.7 Å². The lowest BCUT2D eigenvalue weighted by Crippen LogP contribution is -2.31. The van der Waals surface area contributed by atoms with Gasteiger partial charge in [-0.05, 0) is 12.8 Å². The molecule has 1 atom stereocenters. The minimum atomic E-state index is 0.0368. The highest BCUT2D eigenvalue weighted by Crippen LogP contribution is 2.21. The smallest absolute Gasteiger partial charge is 0.219 e. The molecule has 0 spiro atoms. The van der Waals surface area contributed by atoms with Gasteiger partial charge in [0.1, 0.15) is 5.78 Å². The summed E-state index contributed by atoms with van der Waals surface area (Å²) < 4.78 is 0. The van der Waals surface area contributed by atoms with Crippen molar-refractivity contribution in [2.24, 2.45) is 5.92 Å². The molecule has 0 aromatic heterocycles. The summed E-state index contributed by atoms with van der Waals surface area (Å²) in [7, 11) is 1.74. The van der Waals surface area contributed by atoms with Gasteiger partial charge in [-0.25, -0.2) is 0 Å². The summed E-state index contributed by atoms with van der Waals surface area (Å²) >= 11 is 0. The molecule has 1 aliphatic rings. The summed E-state index contributed by atoms with van der Waals surface area (Å²) in [5.74, 6) is 0.469. The van der Waals surface area contributed by atoms with E-state index < -0.39 is 0 Å². The summed E-state index contributed by atoms with van der Waals surface area (Å²) in [4.78, 5) is 23.7. The Morgan fingerprint density at radius 1 is 1.67 bits per heavy atom. The quantitative estimate of drug-likeness (QED) is 0.614. The van der Waals surface area contributed by atoms with Gasteiger partial charge in [0.2, 0.25) is 5.91 Å². The summed E-state index contributed by atoms with van der Waals surface area (Å²) in [5, 5.41) is 0. The highest BCUT2D eigenvalue weighted by Gasteiger charge is 2.25. The van der Waals surface area contributed by atoms with Gasteiger partial charge in [-0.2, -0.15) is 0 Å². The van der Waals surface area contributed by atoms with Crippen LogP contribution in [0.25, 0.3) is 0 Å². The summed E-state index contributed by atoms with van der Waals surface area (Å²) in [6, 6.07) is 0. The molecule has 1 saturated carbocycles. The molecule has 0 heterocycles. The third-order valence-electron chi connectivity index (χ3n) is 2.46. The van der Waals surface area contributed by atoms with E-state index in [0.29, 0.717) is 18.7 Å². The minimum absolute atomic E-state index is 0.0368. The van der Waals surface area contributed by atoms with Crippen LogP contribution in [0.5, 0.6) is 0 Å². The fraction of sp³-hybridized carbons (Fsp3) is 0.778.